The quantitative estimate of drug-likeness (QED) is 0.799. The van der Waals surface area contributed by atoms with E-state index in [1.54, 1.807) is 0 Å². The molecule has 1 aliphatic rings. The van der Waals surface area contributed by atoms with Gasteiger partial charge >= 0.3 is 0 Å². The van der Waals surface area contributed by atoms with Crippen molar-refractivity contribution in [1.82, 2.24) is 15.1 Å². The van der Waals surface area contributed by atoms with Crippen LogP contribution in [0.25, 0.3) is 0 Å². The van der Waals surface area contributed by atoms with Crippen LogP contribution >= 0.6 is 0 Å². The van der Waals surface area contributed by atoms with Gasteiger partial charge in [-0.05, 0) is 38.2 Å². The Morgan fingerprint density at radius 3 is 2.22 bits per heavy atom. The number of nitrogens with one attached hydrogen (secondary N) is 1. The number of likely N-dealkylation sites (N-methyl/N-ethyl adjacent to an activating group) is 1. The van der Waals surface area contributed by atoms with E-state index >= 15 is 0 Å². The predicted octanol–water partition coefficient (Wildman–Crippen LogP) is 2.70. The molecule has 27 heavy (non-hydrogen) atoms. The molecule has 0 saturated carbocycles. The molecule has 0 radical (unpaired) electrons. The van der Waals surface area contributed by atoms with Crippen molar-refractivity contribution < 1.29 is 9.59 Å². The number of likely N-dealkylation sites (tertiary alicyclic amines) is 1. The maximum Gasteiger partial charge on any atom is 0.245 e. The summed E-state index contributed by atoms with van der Waals surface area (Å²) in [6, 6.07) is 9.96. The summed E-state index contributed by atoms with van der Waals surface area (Å²) in [5, 5.41) is 2.97. The molecule has 1 N–H and O–H groups in total. The minimum Gasteiger partial charge on any atom is -0.344 e. The van der Waals surface area contributed by atoms with Gasteiger partial charge in [0.15, 0.2) is 0 Å². The number of hydrogen-bond acceptors (Lipinski definition) is 3. The number of carbonyl (C=O) groups is 2. The number of carbonyl (C=O) groups excluding carboxylic acids is 2. The minimum atomic E-state index is -0.477. The molecule has 0 aliphatic carbocycles. The Morgan fingerprint density at radius 2 is 1.70 bits per heavy atom. The molecule has 5 heteroatoms. The fourth-order valence-corrected chi connectivity index (χ4v) is 3.71. The molecule has 2 amide bonds. The molecule has 5 nitrogen and oxygen atoms in total. The zero-order valence-electron chi connectivity index (χ0n) is 17.4. The molecule has 2 rings (SSSR count). The van der Waals surface area contributed by atoms with Crippen LogP contribution in [0.1, 0.15) is 46.1 Å². The number of benzene rings is 1. The van der Waals surface area contributed by atoms with E-state index in [0.717, 1.165) is 31.5 Å². The Bertz CT molecular complexity index is 607. The lowest BCUT2D eigenvalue weighted by Crippen LogP contribution is -2.55. The summed E-state index contributed by atoms with van der Waals surface area (Å²) < 4.78 is 0. The van der Waals surface area contributed by atoms with Crippen molar-refractivity contribution in [1.29, 1.82) is 0 Å². The summed E-state index contributed by atoms with van der Waals surface area (Å²) in [5.74, 6) is -0.0267. The van der Waals surface area contributed by atoms with E-state index in [0.29, 0.717) is 12.5 Å². The van der Waals surface area contributed by atoms with Gasteiger partial charge in [0.2, 0.25) is 11.8 Å². The van der Waals surface area contributed by atoms with Crippen molar-refractivity contribution in [2.24, 2.45) is 5.92 Å². The third-order valence-electron chi connectivity index (χ3n) is 5.58. The predicted molar refractivity (Wildman–Crippen MR) is 109 cm³/mol. The highest BCUT2D eigenvalue weighted by molar-refractivity contribution is 5.88. The number of nitrogens with zero attached hydrogens (tertiary/aromatic N) is 2. The topological polar surface area (TPSA) is 52.7 Å². The molecule has 1 aromatic carbocycles. The molecule has 0 aromatic heterocycles. The van der Waals surface area contributed by atoms with Crippen LogP contribution in [-0.4, -0.2) is 59.9 Å². The van der Waals surface area contributed by atoms with Gasteiger partial charge in [0.05, 0.1) is 6.42 Å². The molecule has 0 bridgehead atoms. The second-order valence-electron chi connectivity index (χ2n) is 8.26. The molecular formula is C22H35N3O2. The SMILES string of the molecule is CC(C)C(NC(=O)Cc1ccccc1)C(=O)N(C)C1CCN(C(C)C)CC1. The summed E-state index contributed by atoms with van der Waals surface area (Å²) in [6.45, 7) is 10.4. The molecule has 1 aliphatic heterocycles. The lowest BCUT2D eigenvalue weighted by atomic mass is 9.98. The monoisotopic (exact) mass is 373 g/mol. The first-order chi connectivity index (χ1) is 12.8. The van der Waals surface area contributed by atoms with E-state index < -0.39 is 6.04 Å². The smallest absolute Gasteiger partial charge is 0.245 e. The van der Waals surface area contributed by atoms with Crippen molar-refractivity contribution >= 4 is 11.8 Å². The molecule has 1 unspecified atom stereocenters. The highest BCUT2D eigenvalue weighted by atomic mass is 16.2. The Morgan fingerprint density at radius 1 is 1.11 bits per heavy atom. The Hall–Kier alpha value is -1.88. The first-order valence-electron chi connectivity index (χ1n) is 10.1. The molecular weight excluding hydrogens is 338 g/mol. The number of amides is 2. The fraction of sp³-hybridized carbons (Fsp3) is 0.636. The van der Waals surface area contributed by atoms with Crippen LogP contribution in [0.4, 0.5) is 0 Å². The molecule has 1 atom stereocenters. The average molecular weight is 374 g/mol. The van der Waals surface area contributed by atoms with Crippen molar-refractivity contribution in [3.63, 3.8) is 0 Å². The van der Waals surface area contributed by atoms with Gasteiger partial charge in [-0.15, -0.1) is 0 Å². The third-order valence-corrected chi connectivity index (χ3v) is 5.58. The second kappa shape index (κ2) is 9.88. The van der Waals surface area contributed by atoms with Crippen LogP contribution in [0.5, 0.6) is 0 Å². The van der Waals surface area contributed by atoms with Crippen molar-refractivity contribution in [2.75, 3.05) is 20.1 Å². The highest BCUT2D eigenvalue weighted by Crippen LogP contribution is 2.19. The van der Waals surface area contributed by atoms with Gasteiger partial charge in [-0.2, -0.15) is 0 Å². The summed E-state index contributed by atoms with van der Waals surface area (Å²) >= 11 is 0. The van der Waals surface area contributed by atoms with Crippen molar-refractivity contribution in [3.05, 3.63) is 35.9 Å². The first kappa shape index (κ1) is 21.4. The van der Waals surface area contributed by atoms with E-state index in [2.05, 4.69) is 24.1 Å². The minimum absolute atomic E-state index is 0.0226. The van der Waals surface area contributed by atoms with Gasteiger partial charge in [0, 0.05) is 32.2 Å². The number of piperidine rings is 1. The normalized spacial score (nSPS) is 17.1. The lowest BCUT2D eigenvalue weighted by molar-refractivity contribution is -0.139. The lowest BCUT2D eigenvalue weighted by Gasteiger charge is -2.40. The molecule has 0 spiro atoms. The summed E-state index contributed by atoms with van der Waals surface area (Å²) in [6.07, 6.45) is 2.28. The van der Waals surface area contributed by atoms with Crippen molar-refractivity contribution in [2.45, 2.75) is 65.1 Å². The zero-order valence-corrected chi connectivity index (χ0v) is 17.4. The number of hydrogen-bond donors (Lipinski definition) is 1. The fourth-order valence-electron chi connectivity index (χ4n) is 3.71. The Labute approximate surface area is 164 Å². The molecule has 1 aromatic rings. The Kier molecular flexibility index (Phi) is 7.84. The van der Waals surface area contributed by atoms with Gasteiger partial charge in [-0.1, -0.05) is 44.2 Å². The number of rotatable bonds is 7. The Balaban J connectivity index is 1.94. The summed E-state index contributed by atoms with van der Waals surface area (Å²) in [4.78, 5) is 29.9. The molecule has 1 heterocycles. The molecule has 1 fully saturated rings. The van der Waals surface area contributed by atoms with E-state index in [1.807, 2.05) is 56.1 Å². The summed E-state index contributed by atoms with van der Waals surface area (Å²) in [7, 11) is 1.89. The summed E-state index contributed by atoms with van der Waals surface area (Å²) in [5.41, 5.74) is 0.958. The van der Waals surface area contributed by atoms with Crippen LogP contribution in [0.3, 0.4) is 0 Å². The van der Waals surface area contributed by atoms with Crippen LogP contribution < -0.4 is 5.32 Å². The van der Waals surface area contributed by atoms with Crippen LogP contribution in [0.15, 0.2) is 30.3 Å². The van der Waals surface area contributed by atoms with Gasteiger partial charge in [0.25, 0.3) is 0 Å². The first-order valence-corrected chi connectivity index (χ1v) is 10.1. The largest absolute Gasteiger partial charge is 0.344 e. The van der Waals surface area contributed by atoms with Crippen molar-refractivity contribution in [3.8, 4) is 0 Å². The van der Waals surface area contributed by atoms with E-state index in [-0.39, 0.29) is 23.8 Å². The van der Waals surface area contributed by atoms with Crippen LogP contribution in [0, 0.1) is 5.92 Å². The second-order valence-corrected chi connectivity index (χ2v) is 8.26. The highest BCUT2D eigenvalue weighted by Gasteiger charge is 2.32. The van der Waals surface area contributed by atoms with E-state index in [1.165, 1.54) is 0 Å². The van der Waals surface area contributed by atoms with Gasteiger partial charge < -0.3 is 15.1 Å². The molecule has 1 saturated heterocycles. The van der Waals surface area contributed by atoms with Gasteiger partial charge in [-0.3, -0.25) is 9.59 Å². The van der Waals surface area contributed by atoms with E-state index in [9.17, 15) is 9.59 Å². The van der Waals surface area contributed by atoms with Gasteiger partial charge in [-0.25, -0.2) is 0 Å². The maximum atomic E-state index is 13.1. The van der Waals surface area contributed by atoms with Gasteiger partial charge in [0.1, 0.15) is 6.04 Å². The molecule has 150 valence electrons. The standard InChI is InChI=1S/C22H35N3O2/c1-16(2)21(23-20(26)15-18-9-7-6-8-10-18)22(27)24(5)19-11-13-25(14-12-19)17(3)4/h6-10,16-17,19,21H,11-15H2,1-5H3,(H,23,26). The van der Waals surface area contributed by atoms with Crippen LogP contribution in [-0.2, 0) is 16.0 Å². The van der Waals surface area contributed by atoms with Crippen LogP contribution in [0.2, 0.25) is 0 Å². The third kappa shape index (κ3) is 6.06. The average Bonchev–Trinajstić information content (AvgIpc) is 2.65. The zero-order chi connectivity index (χ0) is 20.0. The van der Waals surface area contributed by atoms with E-state index in [4.69, 9.17) is 0 Å². The maximum absolute atomic E-state index is 13.1.